The number of nitrogens with zero attached hydrogens (tertiary/aromatic N) is 1. The van der Waals surface area contributed by atoms with Crippen LogP contribution >= 0.6 is 12.4 Å². The minimum atomic E-state index is -1.08. The third-order valence-electron chi connectivity index (χ3n) is 7.88. The molecule has 3 amide bonds. The van der Waals surface area contributed by atoms with Crippen molar-refractivity contribution in [1.82, 2.24) is 20.9 Å². The van der Waals surface area contributed by atoms with Crippen molar-refractivity contribution >= 4 is 40.9 Å². The van der Waals surface area contributed by atoms with E-state index in [1.54, 1.807) is 6.92 Å². The molecule has 5 N–H and O–H groups in total. The number of fused-ring (bicyclic) bond motifs is 1. The lowest BCUT2D eigenvalue weighted by atomic mass is 9.87. The quantitative estimate of drug-likeness (QED) is 0.192. The third kappa shape index (κ3) is 11.4. The summed E-state index contributed by atoms with van der Waals surface area (Å²) >= 11 is 0. The Morgan fingerprint density at radius 3 is 2.18 bits per heavy atom. The number of hydrogen-bond donors (Lipinski definition) is 5. The number of carbonyl (C=O) groups is 3. The predicted molar refractivity (Wildman–Crippen MR) is 178 cm³/mol. The maximum Gasteiger partial charge on any atom is 0.247 e. The van der Waals surface area contributed by atoms with E-state index in [0.717, 1.165) is 22.8 Å². The fourth-order valence-electron chi connectivity index (χ4n) is 5.87. The van der Waals surface area contributed by atoms with Crippen LogP contribution in [0.25, 0.3) is 10.8 Å². The Kier molecular flexibility index (Phi) is 15.8. The summed E-state index contributed by atoms with van der Waals surface area (Å²) in [5.41, 5.74) is 0.840. The van der Waals surface area contributed by atoms with Crippen LogP contribution in [0, 0.1) is 17.8 Å². The lowest BCUT2D eigenvalue weighted by Gasteiger charge is -2.35. The Balaban J connectivity index is 0.00000675. The van der Waals surface area contributed by atoms with Crippen molar-refractivity contribution in [3.63, 3.8) is 0 Å². The number of aliphatic hydroxyl groups excluding tert-OH is 2. The molecule has 1 fully saturated rings. The van der Waals surface area contributed by atoms with Gasteiger partial charge in [0.05, 0.1) is 18.2 Å². The van der Waals surface area contributed by atoms with Crippen molar-refractivity contribution in [2.45, 2.75) is 91.0 Å². The molecule has 0 aromatic heterocycles. The Hall–Kier alpha value is -2.56. The number of nitrogens with one attached hydrogen (secondary N) is 3. The highest BCUT2D eigenvalue weighted by atomic mass is 35.5. The zero-order valence-corrected chi connectivity index (χ0v) is 27.7. The topological polar surface area (TPSA) is 131 Å². The molecule has 0 bridgehead atoms. The summed E-state index contributed by atoms with van der Waals surface area (Å²) in [5.74, 6) is -1.05. The average Bonchev–Trinajstić information content (AvgIpc) is 3.49. The smallest absolute Gasteiger partial charge is 0.247 e. The van der Waals surface area contributed by atoms with Gasteiger partial charge in [0, 0.05) is 32.0 Å². The van der Waals surface area contributed by atoms with E-state index in [1.165, 1.54) is 4.90 Å². The lowest BCUT2D eigenvalue weighted by molar-refractivity contribution is -0.156. The van der Waals surface area contributed by atoms with Gasteiger partial charge in [-0.3, -0.25) is 19.3 Å². The summed E-state index contributed by atoms with van der Waals surface area (Å²) in [6, 6.07) is 12.3. The number of aliphatic hydroxyl groups is 2. The van der Waals surface area contributed by atoms with Gasteiger partial charge in [0.2, 0.25) is 17.7 Å². The standard InChI is InChI=1S/C34H52N4O5.ClH/c1-22(2)15-28(16-23(3)4)33(42)38(34(43)30-11-8-14-36-30)31(32(41)37-21-29(40)20-35-19-24(5)39)18-25-12-13-26-9-6-7-10-27(26)17-25;/h6-7,9-10,12-13,17,22-24,28-31,35-36,39-40H,8,11,14-16,18-21H2,1-5H3,(H,37,41);1H/t24-,29?,30+,31-;/m1./s1. The van der Waals surface area contributed by atoms with E-state index >= 15 is 0 Å². The summed E-state index contributed by atoms with van der Waals surface area (Å²) in [5, 5.41) is 31.1. The molecule has 44 heavy (non-hydrogen) atoms. The Bertz CT molecular complexity index is 1190. The fraction of sp³-hybridized carbons (Fsp3) is 0.618. The number of imide groups is 1. The van der Waals surface area contributed by atoms with Gasteiger partial charge < -0.3 is 26.2 Å². The Morgan fingerprint density at radius 2 is 1.59 bits per heavy atom. The van der Waals surface area contributed by atoms with Crippen molar-refractivity contribution in [2.75, 3.05) is 26.2 Å². The summed E-state index contributed by atoms with van der Waals surface area (Å²) in [6.45, 7) is 11.0. The second-order valence-corrected chi connectivity index (χ2v) is 13.0. The molecule has 1 aliphatic rings. The predicted octanol–water partition coefficient (Wildman–Crippen LogP) is 3.44. The number of amides is 3. The number of benzene rings is 2. The van der Waals surface area contributed by atoms with E-state index in [1.807, 2.05) is 42.5 Å². The third-order valence-corrected chi connectivity index (χ3v) is 7.88. The molecule has 4 atom stereocenters. The minimum Gasteiger partial charge on any atom is -0.392 e. The van der Waals surface area contributed by atoms with Crippen LogP contribution in [0.1, 0.15) is 65.9 Å². The van der Waals surface area contributed by atoms with Crippen LogP contribution in [0.2, 0.25) is 0 Å². The average molecular weight is 633 g/mol. The van der Waals surface area contributed by atoms with Gasteiger partial charge in [-0.15, -0.1) is 12.4 Å². The number of carbonyl (C=O) groups excluding carboxylic acids is 3. The first-order valence-corrected chi connectivity index (χ1v) is 15.9. The summed E-state index contributed by atoms with van der Waals surface area (Å²) in [7, 11) is 0. The monoisotopic (exact) mass is 632 g/mol. The minimum absolute atomic E-state index is 0. The first kappa shape index (κ1) is 37.6. The summed E-state index contributed by atoms with van der Waals surface area (Å²) in [4.78, 5) is 43.8. The highest BCUT2D eigenvalue weighted by molar-refractivity contribution is 6.03. The highest BCUT2D eigenvalue weighted by Gasteiger charge is 2.41. The van der Waals surface area contributed by atoms with Gasteiger partial charge in [-0.2, -0.15) is 0 Å². The molecular weight excluding hydrogens is 580 g/mol. The van der Waals surface area contributed by atoms with Gasteiger partial charge in [-0.05, 0) is 67.3 Å². The molecule has 0 saturated carbocycles. The SMILES string of the molecule is CC(C)CC(CC(C)C)C(=O)N(C(=O)[C@@H]1CCCN1)[C@H](Cc1ccc2ccccc2c1)C(=O)NCC(O)CNC[C@@H](C)O.Cl. The Labute approximate surface area is 269 Å². The van der Waals surface area contributed by atoms with E-state index in [0.29, 0.717) is 32.4 Å². The summed E-state index contributed by atoms with van der Waals surface area (Å²) < 4.78 is 0. The van der Waals surface area contributed by atoms with Crippen molar-refractivity contribution in [3.05, 3.63) is 48.0 Å². The number of rotatable bonds is 16. The molecule has 0 spiro atoms. The molecule has 1 aliphatic heterocycles. The van der Waals surface area contributed by atoms with Crippen LogP contribution in [0.15, 0.2) is 42.5 Å². The van der Waals surface area contributed by atoms with Gasteiger partial charge in [0.1, 0.15) is 6.04 Å². The van der Waals surface area contributed by atoms with E-state index in [4.69, 9.17) is 0 Å². The van der Waals surface area contributed by atoms with Crippen molar-refractivity contribution in [1.29, 1.82) is 0 Å². The zero-order chi connectivity index (χ0) is 31.5. The second kappa shape index (κ2) is 18.4. The van der Waals surface area contributed by atoms with E-state index < -0.39 is 36.1 Å². The molecule has 246 valence electrons. The fourth-order valence-corrected chi connectivity index (χ4v) is 5.87. The maximum absolute atomic E-state index is 14.4. The molecular formula is C34H53ClN4O5. The molecule has 0 aliphatic carbocycles. The molecule has 2 aromatic carbocycles. The summed E-state index contributed by atoms with van der Waals surface area (Å²) in [6.07, 6.45) is 1.37. The maximum atomic E-state index is 14.4. The van der Waals surface area contributed by atoms with Crippen LogP contribution in [0.3, 0.4) is 0 Å². The highest BCUT2D eigenvalue weighted by Crippen LogP contribution is 2.27. The van der Waals surface area contributed by atoms with Gasteiger partial charge in [-0.25, -0.2) is 0 Å². The molecule has 1 heterocycles. The van der Waals surface area contributed by atoms with Crippen LogP contribution in [0.4, 0.5) is 0 Å². The largest absolute Gasteiger partial charge is 0.392 e. The second-order valence-electron chi connectivity index (χ2n) is 13.0. The zero-order valence-electron chi connectivity index (χ0n) is 26.9. The molecule has 0 radical (unpaired) electrons. The van der Waals surface area contributed by atoms with Gasteiger partial charge in [0.15, 0.2) is 0 Å². The van der Waals surface area contributed by atoms with Gasteiger partial charge >= 0.3 is 0 Å². The normalized spacial score (nSPS) is 17.0. The van der Waals surface area contributed by atoms with Crippen LogP contribution in [-0.4, -0.2) is 83.3 Å². The van der Waals surface area contributed by atoms with E-state index in [-0.39, 0.29) is 55.6 Å². The van der Waals surface area contributed by atoms with Crippen LogP contribution < -0.4 is 16.0 Å². The van der Waals surface area contributed by atoms with Gasteiger partial charge in [-0.1, -0.05) is 70.2 Å². The van der Waals surface area contributed by atoms with Crippen molar-refractivity contribution in [2.24, 2.45) is 17.8 Å². The lowest BCUT2D eigenvalue weighted by Crippen LogP contribution is -2.59. The first-order chi connectivity index (χ1) is 20.5. The molecule has 1 unspecified atom stereocenters. The number of hydrogen-bond acceptors (Lipinski definition) is 7. The molecule has 3 rings (SSSR count). The first-order valence-electron chi connectivity index (χ1n) is 15.9. The van der Waals surface area contributed by atoms with Crippen molar-refractivity contribution in [3.8, 4) is 0 Å². The van der Waals surface area contributed by atoms with Gasteiger partial charge in [0.25, 0.3) is 0 Å². The van der Waals surface area contributed by atoms with Crippen molar-refractivity contribution < 1.29 is 24.6 Å². The molecule has 2 aromatic rings. The van der Waals surface area contributed by atoms with E-state index in [9.17, 15) is 24.6 Å². The molecule has 9 nitrogen and oxygen atoms in total. The van der Waals surface area contributed by atoms with E-state index in [2.05, 4.69) is 43.6 Å². The Morgan fingerprint density at radius 1 is 0.932 bits per heavy atom. The molecule has 1 saturated heterocycles. The number of halogens is 1. The van der Waals surface area contributed by atoms with Crippen LogP contribution in [0.5, 0.6) is 0 Å². The molecule has 10 heteroatoms. The van der Waals surface area contributed by atoms with Crippen LogP contribution in [-0.2, 0) is 20.8 Å².